The van der Waals surface area contributed by atoms with Crippen LogP contribution in [0.4, 0.5) is 23.0 Å². The van der Waals surface area contributed by atoms with Crippen LogP contribution in [0.3, 0.4) is 0 Å². The normalized spacial score (nSPS) is 13.2. The number of thiazole rings is 1. The highest BCUT2D eigenvalue weighted by atomic mass is 32.1. The smallest absolute Gasteiger partial charge is 0.283 e. The summed E-state index contributed by atoms with van der Waals surface area (Å²) in [6, 6.07) is 10.1. The lowest BCUT2D eigenvalue weighted by Crippen LogP contribution is -2.50. The van der Waals surface area contributed by atoms with Gasteiger partial charge in [0.15, 0.2) is 28.1 Å². The molecule has 4 heterocycles. The summed E-state index contributed by atoms with van der Waals surface area (Å²) in [5, 5.41) is 24.6. The molecule has 1 saturated heterocycles. The highest BCUT2D eigenvalue weighted by molar-refractivity contribution is 7.12. The molecule has 14 nitrogen and oxygen atoms in total. The minimum absolute atomic E-state index is 0.159. The van der Waals surface area contributed by atoms with Gasteiger partial charge in [-0.25, -0.2) is 4.98 Å². The third-order valence-electron chi connectivity index (χ3n) is 6.19. The maximum Gasteiger partial charge on any atom is 0.283 e. The molecule has 0 bridgehead atoms. The van der Waals surface area contributed by atoms with Crippen LogP contribution in [0.15, 0.2) is 41.8 Å². The first-order valence-electron chi connectivity index (χ1n) is 13.1. The number of carbonyl (C=O) groups is 2. The Balaban J connectivity index is 1.47. The van der Waals surface area contributed by atoms with E-state index in [9.17, 15) is 9.59 Å². The topological polar surface area (TPSA) is 166 Å². The summed E-state index contributed by atoms with van der Waals surface area (Å²) >= 11 is 1.24. The number of methoxy groups -OCH3 is 2. The zero-order chi connectivity index (χ0) is 31.3. The molecule has 0 saturated carbocycles. The molecule has 2 amide bonds. The highest BCUT2D eigenvalue weighted by Crippen LogP contribution is 2.39. The predicted molar refractivity (Wildman–Crippen MR) is 165 cm³/mol. The van der Waals surface area contributed by atoms with Gasteiger partial charge in [-0.15, -0.1) is 31.7 Å². The number of para-hydroxylation sites is 1. The van der Waals surface area contributed by atoms with Crippen LogP contribution in [0, 0.1) is 0 Å². The van der Waals surface area contributed by atoms with Gasteiger partial charge in [0.2, 0.25) is 5.88 Å². The monoisotopic (exact) mass is 607 g/mol. The van der Waals surface area contributed by atoms with Gasteiger partial charge in [-0.05, 0) is 18.2 Å². The van der Waals surface area contributed by atoms with Crippen LogP contribution in [0.2, 0.25) is 0 Å². The average molecular weight is 607 g/mol. The first-order valence-corrected chi connectivity index (χ1v) is 14.0. The Morgan fingerprint density at radius 1 is 0.955 bits per heavy atom. The summed E-state index contributed by atoms with van der Waals surface area (Å²) in [7, 11) is 19.7. The molecule has 0 atom stereocenters. The van der Waals surface area contributed by atoms with Crippen molar-refractivity contribution in [1.29, 1.82) is 0 Å². The Bertz CT molecular complexity index is 1650. The zero-order valence-corrected chi connectivity index (χ0v) is 24.6. The molecule has 0 aliphatic carbocycles. The number of morpholine rings is 1. The molecular formula is C26H24B3N9O5S. The van der Waals surface area contributed by atoms with E-state index in [0.717, 1.165) is 0 Å². The number of nitrogens with one attached hydrogen (secondary N) is 3. The van der Waals surface area contributed by atoms with Crippen molar-refractivity contribution in [2.45, 2.75) is 5.24 Å². The molecule has 3 aromatic heterocycles. The van der Waals surface area contributed by atoms with E-state index in [-0.39, 0.29) is 23.1 Å². The molecule has 0 spiro atoms. The van der Waals surface area contributed by atoms with Gasteiger partial charge < -0.3 is 35.1 Å². The van der Waals surface area contributed by atoms with Gasteiger partial charge in [-0.3, -0.25) is 9.59 Å². The number of rotatable bonds is 10. The molecule has 44 heavy (non-hydrogen) atoms. The standard InChI is InChI=1S/C26H24B3N9O5S/c1-41-20-7-6-18(34-36-20)32-19-12-16(21(37-35-19)23(39)33-26(27,28)29)30-15-5-3-4-14(22(15)42-2)17-13-44-24(31-17)25(40)38-8-10-43-11-9-38/h3-7,12-13H,8-11H2,1-2H3,(H,33,39)(H2,30,32,34,35). The zero-order valence-electron chi connectivity index (χ0n) is 23.7. The maximum atomic E-state index is 13.0. The molecule has 5 rings (SSSR count). The van der Waals surface area contributed by atoms with Crippen molar-refractivity contribution in [3.8, 4) is 22.9 Å². The molecule has 3 N–H and O–H groups in total. The Morgan fingerprint density at radius 3 is 2.41 bits per heavy atom. The summed E-state index contributed by atoms with van der Waals surface area (Å²) in [4.78, 5) is 32.3. The fourth-order valence-corrected chi connectivity index (χ4v) is 4.98. The number of hydrogen-bond acceptors (Lipinski definition) is 13. The number of nitrogens with zero attached hydrogens (tertiary/aromatic N) is 6. The molecule has 0 unspecified atom stereocenters. The number of amides is 2. The SMILES string of the molecule is [B]C([B])([B])NC(=O)c1nnc(Nc2ccc(OC)nn2)cc1Nc1cccc(-c2csc(C(=O)N3CCOCC3)n2)c1OC. The van der Waals surface area contributed by atoms with E-state index >= 15 is 0 Å². The molecule has 1 fully saturated rings. The maximum absolute atomic E-state index is 13.0. The second kappa shape index (κ2) is 13.3. The Labute approximate surface area is 260 Å². The number of carbonyl (C=O) groups excluding carboxylic acids is 2. The Hall–Kier alpha value is -4.70. The number of ether oxygens (including phenoxy) is 3. The minimum atomic E-state index is -2.01. The number of anilines is 4. The molecule has 1 aliphatic heterocycles. The second-order valence-corrected chi connectivity index (χ2v) is 10.3. The van der Waals surface area contributed by atoms with Gasteiger partial charge in [0.25, 0.3) is 11.8 Å². The van der Waals surface area contributed by atoms with Crippen molar-refractivity contribution in [3.05, 3.63) is 52.5 Å². The second-order valence-electron chi connectivity index (χ2n) is 9.42. The molecule has 1 aromatic carbocycles. The summed E-state index contributed by atoms with van der Waals surface area (Å²) in [5.41, 5.74) is 1.64. The average Bonchev–Trinajstić information content (AvgIpc) is 3.51. The van der Waals surface area contributed by atoms with Gasteiger partial charge in [0.05, 0.1) is 68.0 Å². The van der Waals surface area contributed by atoms with Crippen LogP contribution in [-0.2, 0) is 4.74 Å². The van der Waals surface area contributed by atoms with Crippen molar-refractivity contribution in [3.63, 3.8) is 0 Å². The fourth-order valence-electron chi connectivity index (χ4n) is 4.20. The van der Waals surface area contributed by atoms with E-state index < -0.39 is 11.1 Å². The van der Waals surface area contributed by atoms with Crippen LogP contribution in [-0.4, -0.2) is 111 Å². The third kappa shape index (κ3) is 7.26. The summed E-state index contributed by atoms with van der Waals surface area (Å²) in [5.74, 6) is 0.350. The van der Waals surface area contributed by atoms with Gasteiger partial charge in [-0.1, -0.05) is 11.3 Å². The highest BCUT2D eigenvalue weighted by Gasteiger charge is 2.24. The molecule has 1 aliphatic rings. The molecular weight excluding hydrogens is 583 g/mol. The van der Waals surface area contributed by atoms with E-state index in [1.165, 1.54) is 31.6 Å². The third-order valence-corrected chi connectivity index (χ3v) is 7.02. The van der Waals surface area contributed by atoms with Crippen molar-refractivity contribution < 1.29 is 23.8 Å². The summed E-state index contributed by atoms with van der Waals surface area (Å²) in [6.07, 6.45) is 0. The molecule has 218 valence electrons. The van der Waals surface area contributed by atoms with E-state index in [4.69, 9.17) is 37.7 Å². The lowest BCUT2D eigenvalue weighted by Gasteiger charge is -2.25. The number of hydrogen-bond donors (Lipinski definition) is 3. The van der Waals surface area contributed by atoms with Crippen LogP contribution in [0.25, 0.3) is 11.3 Å². The minimum Gasteiger partial charge on any atom is -0.494 e. The lowest BCUT2D eigenvalue weighted by molar-refractivity contribution is 0.0302. The molecule has 6 radical (unpaired) electrons. The van der Waals surface area contributed by atoms with Crippen LogP contribution < -0.4 is 25.4 Å². The molecule has 18 heteroatoms. The van der Waals surface area contributed by atoms with Crippen molar-refractivity contribution in [2.24, 2.45) is 0 Å². The predicted octanol–water partition coefficient (Wildman–Crippen LogP) is 1.21. The van der Waals surface area contributed by atoms with Gasteiger partial charge in [-0.2, -0.15) is 0 Å². The Kier molecular flexibility index (Phi) is 9.30. The van der Waals surface area contributed by atoms with Crippen LogP contribution >= 0.6 is 11.3 Å². The first kappa shape index (κ1) is 30.8. The number of aromatic nitrogens is 5. The number of benzene rings is 1. The van der Waals surface area contributed by atoms with E-state index in [1.54, 1.807) is 40.6 Å². The lowest BCUT2D eigenvalue weighted by atomic mass is 9.49. The Morgan fingerprint density at radius 2 is 1.73 bits per heavy atom. The van der Waals surface area contributed by atoms with Gasteiger partial charge in [0, 0.05) is 36.2 Å². The first-order chi connectivity index (χ1) is 21.1. The van der Waals surface area contributed by atoms with Crippen LogP contribution in [0.5, 0.6) is 11.6 Å². The van der Waals surface area contributed by atoms with E-state index in [1.807, 2.05) is 0 Å². The van der Waals surface area contributed by atoms with Crippen molar-refractivity contribution in [2.75, 3.05) is 51.2 Å². The van der Waals surface area contributed by atoms with E-state index in [2.05, 4.69) is 41.3 Å². The van der Waals surface area contributed by atoms with Gasteiger partial charge >= 0.3 is 0 Å². The van der Waals surface area contributed by atoms with Crippen molar-refractivity contribution in [1.82, 2.24) is 35.6 Å². The summed E-state index contributed by atoms with van der Waals surface area (Å²) < 4.78 is 16.1. The summed E-state index contributed by atoms with van der Waals surface area (Å²) in [6.45, 7) is 1.99. The van der Waals surface area contributed by atoms with Crippen LogP contribution in [0.1, 0.15) is 20.3 Å². The largest absolute Gasteiger partial charge is 0.494 e. The molecule has 4 aromatic rings. The van der Waals surface area contributed by atoms with Gasteiger partial charge in [0.1, 0.15) is 0 Å². The fraction of sp³-hybridized carbons (Fsp3) is 0.269. The quantitative estimate of drug-likeness (QED) is 0.221. The van der Waals surface area contributed by atoms with E-state index in [0.29, 0.717) is 65.7 Å². The van der Waals surface area contributed by atoms with Crippen molar-refractivity contribution >= 4 is 69.7 Å².